The van der Waals surface area contributed by atoms with E-state index in [2.05, 4.69) is 42.3 Å². The van der Waals surface area contributed by atoms with Gasteiger partial charge in [-0.1, -0.05) is 24.3 Å². The summed E-state index contributed by atoms with van der Waals surface area (Å²) in [5, 5.41) is 3.43. The number of nitrogens with zero attached hydrogens (tertiary/aromatic N) is 1. The van der Waals surface area contributed by atoms with Gasteiger partial charge in [0, 0.05) is 11.9 Å². The number of para-hydroxylation sites is 1. The third-order valence-corrected chi connectivity index (χ3v) is 2.65. The summed E-state index contributed by atoms with van der Waals surface area (Å²) < 4.78 is 0. The van der Waals surface area contributed by atoms with Crippen LogP contribution in [0.4, 0.5) is 5.69 Å². The van der Waals surface area contributed by atoms with Gasteiger partial charge in [0.15, 0.2) is 0 Å². The maximum atomic E-state index is 4.29. The average molecular weight is 212 g/mol. The maximum absolute atomic E-state index is 4.29. The van der Waals surface area contributed by atoms with Crippen LogP contribution in [0.15, 0.2) is 42.6 Å². The number of aryl methyl sites for hydroxylation is 2. The molecule has 2 heteroatoms. The van der Waals surface area contributed by atoms with Crippen LogP contribution in [0, 0.1) is 13.8 Å². The van der Waals surface area contributed by atoms with Crippen molar-refractivity contribution in [2.75, 3.05) is 5.32 Å². The molecule has 0 spiro atoms. The van der Waals surface area contributed by atoms with Crippen LogP contribution in [0.25, 0.3) is 0 Å². The molecule has 0 radical (unpaired) electrons. The van der Waals surface area contributed by atoms with Crippen LogP contribution < -0.4 is 5.32 Å². The molecule has 0 saturated heterocycles. The lowest BCUT2D eigenvalue weighted by molar-refractivity contribution is 1.04. The van der Waals surface area contributed by atoms with E-state index in [0.29, 0.717) is 0 Å². The van der Waals surface area contributed by atoms with E-state index >= 15 is 0 Å². The summed E-state index contributed by atoms with van der Waals surface area (Å²) in [6.45, 7) is 5.01. The van der Waals surface area contributed by atoms with Gasteiger partial charge >= 0.3 is 0 Å². The number of benzene rings is 1. The number of hydrogen-bond donors (Lipinski definition) is 1. The van der Waals surface area contributed by atoms with E-state index in [1.807, 2.05) is 24.4 Å². The Morgan fingerprint density at radius 1 is 1.00 bits per heavy atom. The van der Waals surface area contributed by atoms with Gasteiger partial charge in [0.2, 0.25) is 0 Å². The molecule has 0 bridgehead atoms. The van der Waals surface area contributed by atoms with Crippen molar-refractivity contribution >= 4 is 5.69 Å². The molecule has 82 valence electrons. The second-order valence-electron chi connectivity index (χ2n) is 3.94. The first-order valence-corrected chi connectivity index (χ1v) is 5.47. The lowest BCUT2D eigenvalue weighted by Gasteiger charge is -2.11. The van der Waals surface area contributed by atoms with E-state index in [9.17, 15) is 0 Å². The Labute approximate surface area is 96.4 Å². The largest absolute Gasteiger partial charge is 0.379 e. The van der Waals surface area contributed by atoms with Gasteiger partial charge in [-0.05, 0) is 37.1 Å². The zero-order valence-corrected chi connectivity index (χ0v) is 9.70. The molecule has 1 heterocycles. The van der Waals surface area contributed by atoms with Gasteiger partial charge in [-0.3, -0.25) is 4.98 Å². The summed E-state index contributed by atoms with van der Waals surface area (Å²) in [6.07, 6.45) is 1.82. The van der Waals surface area contributed by atoms with Crippen LogP contribution in [0.1, 0.15) is 16.8 Å². The molecule has 1 N–H and O–H groups in total. The summed E-state index contributed by atoms with van der Waals surface area (Å²) in [4.78, 5) is 4.29. The lowest BCUT2D eigenvalue weighted by Crippen LogP contribution is -2.03. The molecule has 0 atom stereocenters. The number of nitrogens with one attached hydrogen (secondary N) is 1. The third-order valence-electron chi connectivity index (χ3n) is 2.65. The summed E-state index contributed by atoms with van der Waals surface area (Å²) in [5.74, 6) is 0. The number of hydrogen-bond acceptors (Lipinski definition) is 2. The molecule has 0 aliphatic heterocycles. The van der Waals surface area contributed by atoms with E-state index in [4.69, 9.17) is 0 Å². The molecule has 0 fully saturated rings. The van der Waals surface area contributed by atoms with Gasteiger partial charge in [0.1, 0.15) is 0 Å². The molecule has 2 aromatic rings. The van der Waals surface area contributed by atoms with Gasteiger partial charge in [0.25, 0.3) is 0 Å². The van der Waals surface area contributed by atoms with Gasteiger partial charge in [-0.25, -0.2) is 0 Å². The number of aromatic nitrogens is 1. The first-order valence-electron chi connectivity index (χ1n) is 5.47. The molecule has 1 aromatic carbocycles. The number of pyridine rings is 1. The third kappa shape index (κ3) is 2.40. The van der Waals surface area contributed by atoms with Crippen LogP contribution in [0.3, 0.4) is 0 Å². The molecule has 2 rings (SSSR count). The second kappa shape index (κ2) is 4.79. The van der Waals surface area contributed by atoms with Gasteiger partial charge in [-0.15, -0.1) is 0 Å². The highest BCUT2D eigenvalue weighted by Gasteiger charge is 2.01. The van der Waals surface area contributed by atoms with Crippen LogP contribution >= 0.6 is 0 Å². The smallest absolute Gasteiger partial charge is 0.0594 e. The highest BCUT2D eigenvalue weighted by atomic mass is 14.9. The van der Waals surface area contributed by atoms with E-state index in [1.54, 1.807) is 0 Å². The molecule has 16 heavy (non-hydrogen) atoms. The SMILES string of the molecule is Cc1cccc(C)c1NCc1ccccn1. The fourth-order valence-corrected chi connectivity index (χ4v) is 1.77. The molecule has 0 unspecified atom stereocenters. The monoisotopic (exact) mass is 212 g/mol. The standard InChI is InChI=1S/C14H16N2/c1-11-6-5-7-12(2)14(11)16-10-13-8-3-4-9-15-13/h3-9,16H,10H2,1-2H3. The van der Waals surface area contributed by atoms with Crippen molar-refractivity contribution < 1.29 is 0 Å². The molecule has 0 aliphatic rings. The van der Waals surface area contributed by atoms with Crippen molar-refractivity contribution in [2.24, 2.45) is 0 Å². The number of anilines is 1. The highest BCUT2D eigenvalue weighted by Crippen LogP contribution is 2.19. The molecular formula is C14H16N2. The first-order chi connectivity index (χ1) is 7.77. The molecule has 0 aliphatic carbocycles. The minimum Gasteiger partial charge on any atom is -0.379 e. The molecule has 1 aromatic heterocycles. The van der Waals surface area contributed by atoms with Crippen LogP contribution in [-0.4, -0.2) is 4.98 Å². The predicted molar refractivity (Wildman–Crippen MR) is 67.5 cm³/mol. The fourth-order valence-electron chi connectivity index (χ4n) is 1.77. The fraction of sp³-hybridized carbons (Fsp3) is 0.214. The van der Waals surface area contributed by atoms with E-state index in [-0.39, 0.29) is 0 Å². The predicted octanol–water partition coefficient (Wildman–Crippen LogP) is 3.31. The van der Waals surface area contributed by atoms with E-state index in [0.717, 1.165) is 12.2 Å². The van der Waals surface area contributed by atoms with Crippen LogP contribution in [-0.2, 0) is 6.54 Å². The van der Waals surface area contributed by atoms with Gasteiger partial charge < -0.3 is 5.32 Å². The second-order valence-corrected chi connectivity index (χ2v) is 3.94. The zero-order chi connectivity index (χ0) is 11.4. The van der Waals surface area contributed by atoms with Crippen LogP contribution in [0.2, 0.25) is 0 Å². The summed E-state index contributed by atoms with van der Waals surface area (Å²) in [6, 6.07) is 12.3. The normalized spacial score (nSPS) is 10.1. The Balaban J connectivity index is 2.11. The van der Waals surface area contributed by atoms with Crippen molar-refractivity contribution in [3.63, 3.8) is 0 Å². The van der Waals surface area contributed by atoms with E-state index < -0.39 is 0 Å². The topological polar surface area (TPSA) is 24.9 Å². The minimum atomic E-state index is 0.770. The first kappa shape index (κ1) is 10.7. The minimum absolute atomic E-state index is 0.770. The van der Waals surface area contributed by atoms with Crippen molar-refractivity contribution in [3.8, 4) is 0 Å². The highest BCUT2D eigenvalue weighted by molar-refractivity contribution is 5.56. The Morgan fingerprint density at radius 3 is 2.38 bits per heavy atom. The Hall–Kier alpha value is -1.83. The molecule has 0 amide bonds. The summed E-state index contributed by atoms with van der Waals surface area (Å²) in [7, 11) is 0. The Bertz CT molecular complexity index is 443. The van der Waals surface area contributed by atoms with Crippen molar-refractivity contribution in [2.45, 2.75) is 20.4 Å². The maximum Gasteiger partial charge on any atom is 0.0594 e. The average Bonchev–Trinajstić information content (AvgIpc) is 2.30. The molecule has 2 nitrogen and oxygen atoms in total. The number of rotatable bonds is 3. The molecular weight excluding hydrogens is 196 g/mol. The van der Waals surface area contributed by atoms with Crippen molar-refractivity contribution in [3.05, 3.63) is 59.4 Å². The van der Waals surface area contributed by atoms with Gasteiger partial charge in [0.05, 0.1) is 12.2 Å². The zero-order valence-electron chi connectivity index (χ0n) is 9.70. The van der Waals surface area contributed by atoms with Crippen molar-refractivity contribution in [1.29, 1.82) is 0 Å². The molecule has 0 saturated carbocycles. The van der Waals surface area contributed by atoms with E-state index in [1.165, 1.54) is 16.8 Å². The van der Waals surface area contributed by atoms with Crippen LogP contribution in [0.5, 0.6) is 0 Å². The van der Waals surface area contributed by atoms with Crippen molar-refractivity contribution in [1.82, 2.24) is 4.98 Å². The van der Waals surface area contributed by atoms with Gasteiger partial charge in [-0.2, -0.15) is 0 Å². The Morgan fingerprint density at radius 2 is 1.75 bits per heavy atom. The lowest BCUT2D eigenvalue weighted by atomic mass is 10.1. The summed E-state index contributed by atoms with van der Waals surface area (Å²) in [5.41, 5.74) is 4.82. The summed E-state index contributed by atoms with van der Waals surface area (Å²) >= 11 is 0. The quantitative estimate of drug-likeness (QED) is 0.844. The Kier molecular flexibility index (Phi) is 3.20.